The summed E-state index contributed by atoms with van der Waals surface area (Å²) in [6, 6.07) is 9.10. The zero-order valence-electron chi connectivity index (χ0n) is 15.1. The van der Waals surface area contributed by atoms with Crippen LogP contribution in [0.5, 0.6) is 5.75 Å². The minimum absolute atomic E-state index is 0.0761. The van der Waals surface area contributed by atoms with Crippen molar-refractivity contribution in [2.45, 2.75) is 25.7 Å². The fraction of sp³-hybridized carbons (Fsp3) is 0.250. The number of alkyl halides is 3. The van der Waals surface area contributed by atoms with Crippen molar-refractivity contribution in [1.29, 1.82) is 0 Å². The second-order valence-corrected chi connectivity index (χ2v) is 7.12. The van der Waals surface area contributed by atoms with Crippen LogP contribution >= 0.6 is 23.2 Å². The number of hydrogen-bond donors (Lipinski definition) is 1. The van der Waals surface area contributed by atoms with Crippen molar-refractivity contribution in [3.63, 3.8) is 0 Å². The first-order valence-electron chi connectivity index (χ1n) is 8.74. The highest BCUT2D eigenvalue weighted by atomic mass is 35.5. The lowest BCUT2D eigenvalue weighted by atomic mass is 10.1. The lowest BCUT2D eigenvalue weighted by Gasteiger charge is -2.10. The monoisotopic (exact) mass is 444 g/mol. The van der Waals surface area contributed by atoms with Gasteiger partial charge in [0.15, 0.2) is 0 Å². The first-order chi connectivity index (χ1) is 13.8. The molecule has 0 amide bonds. The second kappa shape index (κ2) is 9.07. The highest BCUT2D eigenvalue weighted by Gasteiger charge is 2.31. The van der Waals surface area contributed by atoms with Crippen LogP contribution in [0.2, 0.25) is 10.0 Å². The standard InChI is InChI=1S/C20H17Cl2F3N2O2/c21-14-6-5-13(17(22)10-14)12-27-19-11-15(29-20(23,24)25)7-8-16(19)18(26-27)4-2-1-3-9-28/h2,4-8,10-11,28H,1,3,9,12H2. The molecule has 0 unspecified atom stereocenters. The van der Waals surface area contributed by atoms with Gasteiger partial charge in [-0.05, 0) is 48.7 Å². The van der Waals surface area contributed by atoms with E-state index in [0.29, 0.717) is 39.5 Å². The van der Waals surface area contributed by atoms with Crippen LogP contribution in [-0.4, -0.2) is 27.9 Å². The maximum Gasteiger partial charge on any atom is 0.573 e. The van der Waals surface area contributed by atoms with E-state index in [2.05, 4.69) is 9.84 Å². The molecule has 1 heterocycles. The Morgan fingerprint density at radius 3 is 2.62 bits per heavy atom. The normalized spacial score (nSPS) is 12.2. The summed E-state index contributed by atoms with van der Waals surface area (Å²) in [5, 5.41) is 15.0. The van der Waals surface area contributed by atoms with Crippen LogP contribution in [0.3, 0.4) is 0 Å². The lowest BCUT2D eigenvalue weighted by Crippen LogP contribution is -2.17. The number of unbranched alkanes of at least 4 members (excludes halogenated alkanes) is 1. The van der Waals surface area contributed by atoms with E-state index in [-0.39, 0.29) is 18.9 Å². The van der Waals surface area contributed by atoms with Crippen LogP contribution in [0.4, 0.5) is 13.2 Å². The molecule has 154 valence electrons. The van der Waals surface area contributed by atoms with E-state index >= 15 is 0 Å². The number of aromatic nitrogens is 2. The third-order valence-corrected chi connectivity index (χ3v) is 4.71. The maximum absolute atomic E-state index is 12.6. The number of benzene rings is 2. The summed E-state index contributed by atoms with van der Waals surface area (Å²) in [5.74, 6) is -0.329. The molecule has 0 spiro atoms. The first-order valence-corrected chi connectivity index (χ1v) is 9.50. The molecule has 0 bridgehead atoms. The van der Waals surface area contributed by atoms with Crippen LogP contribution < -0.4 is 4.74 Å². The molecule has 0 aliphatic carbocycles. The van der Waals surface area contributed by atoms with E-state index < -0.39 is 6.36 Å². The van der Waals surface area contributed by atoms with Crippen LogP contribution in [-0.2, 0) is 6.54 Å². The van der Waals surface area contributed by atoms with Crippen molar-refractivity contribution < 1.29 is 23.0 Å². The van der Waals surface area contributed by atoms with Crippen molar-refractivity contribution in [2.24, 2.45) is 0 Å². The number of fused-ring (bicyclic) bond motifs is 1. The smallest absolute Gasteiger partial charge is 0.406 e. The van der Waals surface area contributed by atoms with E-state index in [1.54, 1.807) is 29.0 Å². The average molecular weight is 445 g/mol. The summed E-state index contributed by atoms with van der Waals surface area (Å²) in [5.41, 5.74) is 1.79. The third-order valence-electron chi connectivity index (χ3n) is 4.13. The maximum atomic E-state index is 12.6. The number of aliphatic hydroxyl groups is 1. The Morgan fingerprint density at radius 1 is 1.14 bits per heavy atom. The molecule has 4 nitrogen and oxygen atoms in total. The first kappa shape index (κ1) is 21.5. The Bertz CT molecular complexity index is 1030. The van der Waals surface area contributed by atoms with E-state index in [4.69, 9.17) is 28.3 Å². The molecule has 0 fully saturated rings. The predicted molar refractivity (Wildman–Crippen MR) is 107 cm³/mol. The molecule has 1 aromatic heterocycles. The molecule has 0 atom stereocenters. The molecule has 0 aliphatic rings. The van der Waals surface area contributed by atoms with Crippen LogP contribution in [0.25, 0.3) is 17.0 Å². The summed E-state index contributed by atoms with van der Waals surface area (Å²) in [4.78, 5) is 0. The molecule has 0 saturated carbocycles. The van der Waals surface area contributed by atoms with E-state index in [9.17, 15) is 13.2 Å². The number of ether oxygens (including phenoxy) is 1. The van der Waals surface area contributed by atoms with E-state index in [1.807, 2.05) is 6.08 Å². The van der Waals surface area contributed by atoms with Gasteiger partial charge in [0, 0.05) is 28.1 Å². The fourth-order valence-electron chi connectivity index (χ4n) is 2.84. The molecular formula is C20H17Cl2F3N2O2. The molecule has 3 aromatic rings. The highest BCUT2D eigenvalue weighted by molar-refractivity contribution is 6.35. The molecule has 0 aliphatic heterocycles. The molecule has 1 N–H and O–H groups in total. The SMILES string of the molecule is OCCCC=Cc1nn(Cc2ccc(Cl)cc2Cl)c2cc(OC(F)(F)F)ccc12. The van der Waals surface area contributed by atoms with Gasteiger partial charge in [-0.3, -0.25) is 4.68 Å². The highest BCUT2D eigenvalue weighted by Crippen LogP contribution is 2.30. The van der Waals surface area contributed by atoms with Crippen LogP contribution in [0, 0.1) is 0 Å². The number of allylic oxidation sites excluding steroid dienone is 1. The topological polar surface area (TPSA) is 47.3 Å². The quantitative estimate of drug-likeness (QED) is 0.449. The molecular weight excluding hydrogens is 428 g/mol. The number of halogens is 5. The van der Waals surface area contributed by atoms with Crippen molar-refractivity contribution in [2.75, 3.05) is 6.61 Å². The van der Waals surface area contributed by atoms with Gasteiger partial charge in [-0.2, -0.15) is 5.10 Å². The zero-order chi connectivity index (χ0) is 21.0. The van der Waals surface area contributed by atoms with Gasteiger partial charge in [0.1, 0.15) is 5.75 Å². The summed E-state index contributed by atoms with van der Waals surface area (Å²) in [6.07, 6.45) is 0.118. The third kappa shape index (κ3) is 5.65. The van der Waals surface area contributed by atoms with Gasteiger partial charge in [0.05, 0.1) is 17.8 Å². The average Bonchev–Trinajstić information content (AvgIpc) is 2.97. The van der Waals surface area contributed by atoms with Crippen molar-refractivity contribution in [1.82, 2.24) is 9.78 Å². The molecule has 29 heavy (non-hydrogen) atoms. The van der Waals surface area contributed by atoms with Gasteiger partial charge >= 0.3 is 6.36 Å². The van der Waals surface area contributed by atoms with Crippen molar-refractivity contribution >= 4 is 40.2 Å². The Kier molecular flexibility index (Phi) is 6.72. The number of nitrogens with zero attached hydrogens (tertiary/aromatic N) is 2. The summed E-state index contributed by atoms with van der Waals surface area (Å²) in [6.45, 7) is 0.319. The Balaban J connectivity index is 2.02. The Hall–Kier alpha value is -2.22. The predicted octanol–water partition coefficient (Wildman–Crippen LogP) is 6.08. The number of hydrogen-bond acceptors (Lipinski definition) is 3. The van der Waals surface area contributed by atoms with Gasteiger partial charge in [0.25, 0.3) is 0 Å². The van der Waals surface area contributed by atoms with Gasteiger partial charge in [-0.25, -0.2) is 0 Å². The van der Waals surface area contributed by atoms with Crippen LogP contribution in [0.1, 0.15) is 24.1 Å². The minimum atomic E-state index is -4.79. The summed E-state index contributed by atoms with van der Waals surface area (Å²) >= 11 is 12.2. The van der Waals surface area contributed by atoms with Crippen molar-refractivity contribution in [3.05, 3.63) is 63.8 Å². The zero-order valence-corrected chi connectivity index (χ0v) is 16.6. The fourth-order valence-corrected chi connectivity index (χ4v) is 3.30. The minimum Gasteiger partial charge on any atom is -0.406 e. The van der Waals surface area contributed by atoms with Gasteiger partial charge in [0.2, 0.25) is 0 Å². The number of rotatable bonds is 7. The van der Waals surface area contributed by atoms with Crippen molar-refractivity contribution in [3.8, 4) is 5.75 Å². The molecule has 3 rings (SSSR count). The largest absolute Gasteiger partial charge is 0.573 e. The molecule has 2 aromatic carbocycles. The van der Waals surface area contributed by atoms with E-state index in [0.717, 1.165) is 5.56 Å². The van der Waals surface area contributed by atoms with E-state index in [1.165, 1.54) is 18.2 Å². The summed E-state index contributed by atoms with van der Waals surface area (Å²) in [7, 11) is 0. The molecule has 0 radical (unpaired) electrons. The number of aliphatic hydroxyl groups excluding tert-OH is 1. The Labute approximate surface area is 175 Å². The van der Waals surface area contributed by atoms with Gasteiger partial charge in [-0.15, -0.1) is 13.2 Å². The van der Waals surface area contributed by atoms with Gasteiger partial charge in [-0.1, -0.05) is 35.3 Å². The Morgan fingerprint density at radius 2 is 1.93 bits per heavy atom. The summed E-state index contributed by atoms with van der Waals surface area (Å²) < 4.78 is 43.5. The van der Waals surface area contributed by atoms with Crippen LogP contribution in [0.15, 0.2) is 42.5 Å². The molecule has 9 heteroatoms. The lowest BCUT2D eigenvalue weighted by molar-refractivity contribution is -0.274. The van der Waals surface area contributed by atoms with Gasteiger partial charge < -0.3 is 9.84 Å². The molecule has 0 saturated heterocycles. The second-order valence-electron chi connectivity index (χ2n) is 6.27.